The Hall–Kier alpha value is -5.57. The first-order chi connectivity index (χ1) is 26.0. The molecule has 258 valence electrons. The van der Waals surface area contributed by atoms with E-state index in [1.165, 1.54) is 0 Å². The summed E-state index contributed by atoms with van der Waals surface area (Å²) in [6.07, 6.45) is 1.85. The van der Waals surface area contributed by atoms with Gasteiger partial charge in [-0.2, -0.15) is 0 Å². The number of aryl methyl sites for hydroxylation is 1. The molecule has 0 aliphatic carbocycles. The van der Waals surface area contributed by atoms with Gasteiger partial charge < -0.3 is 5.11 Å². The number of phenols is 1. The van der Waals surface area contributed by atoms with Crippen LogP contribution in [0.15, 0.2) is 152 Å². The van der Waals surface area contributed by atoms with Gasteiger partial charge in [0.25, 0.3) is 0 Å². The van der Waals surface area contributed by atoms with Crippen molar-refractivity contribution in [3.8, 4) is 67.5 Å². The van der Waals surface area contributed by atoms with Crippen LogP contribution in [0.3, 0.4) is 0 Å². The third kappa shape index (κ3) is 6.63. The van der Waals surface area contributed by atoms with Gasteiger partial charge in [-0.05, 0) is 65.4 Å². The van der Waals surface area contributed by atoms with Crippen LogP contribution in [-0.4, -0.2) is 19.6 Å². The van der Waals surface area contributed by atoms with Gasteiger partial charge in [-0.1, -0.05) is 135 Å². The van der Waals surface area contributed by atoms with E-state index < -0.39 is 6.85 Å². The Kier molecular flexibility index (Phi) is 8.52. The fraction of sp³-hybridized carbons (Fsp3) is 0.106. The van der Waals surface area contributed by atoms with E-state index in [2.05, 4.69) is 63.2 Å². The number of nitrogens with zero attached hydrogens (tertiary/aromatic N) is 3. The summed E-state index contributed by atoms with van der Waals surface area (Å²) in [5, 5.41) is 11.2. The largest absolute Gasteiger partial charge is 0.507 e. The van der Waals surface area contributed by atoms with Crippen LogP contribution in [0.1, 0.15) is 36.0 Å². The van der Waals surface area contributed by atoms with Crippen LogP contribution in [0.2, 0.25) is 0 Å². The zero-order valence-electron chi connectivity index (χ0n) is 32.0. The second-order valence-corrected chi connectivity index (χ2v) is 13.8. The first kappa shape index (κ1) is 31.2. The van der Waals surface area contributed by atoms with E-state index >= 15 is 0 Å². The van der Waals surface area contributed by atoms with E-state index in [1.54, 1.807) is 24.3 Å². The molecular formula is C47H38N3OPt-. The van der Waals surface area contributed by atoms with Crippen molar-refractivity contribution in [3.05, 3.63) is 169 Å². The second kappa shape index (κ2) is 14.2. The molecule has 0 unspecified atom stereocenters. The van der Waals surface area contributed by atoms with Gasteiger partial charge in [0.1, 0.15) is 11.6 Å². The molecule has 8 aromatic rings. The van der Waals surface area contributed by atoms with Gasteiger partial charge in [0, 0.05) is 42.6 Å². The first-order valence-electron chi connectivity index (χ1n) is 18.6. The van der Waals surface area contributed by atoms with E-state index in [9.17, 15) is 5.11 Å². The summed E-state index contributed by atoms with van der Waals surface area (Å²) in [5.41, 5.74) is 11.2. The van der Waals surface area contributed by atoms with Gasteiger partial charge in [0.05, 0.1) is 22.3 Å². The van der Waals surface area contributed by atoms with Gasteiger partial charge in [-0.3, -0.25) is 9.55 Å². The normalized spacial score (nSPS) is 12.5. The summed E-state index contributed by atoms with van der Waals surface area (Å²) in [6.45, 7) is 4.30. The van der Waals surface area contributed by atoms with Crippen molar-refractivity contribution in [1.29, 1.82) is 0 Å². The summed E-state index contributed by atoms with van der Waals surface area (Å²) in [4.78, 5) is 10.1. The standard InChI is InChI=1S/C47H38N3O.Pt/c1-31-22-23-42(40(26-31)33-16-9-6-10-17-33)50-43-20-13-19-38(45(43)49-46(50)39-18-11-12-21-44(39)51)35-27-36(29-37(28-35)47(2,3)4)41-30-34(24-25-48-41)32-14-7-5-8-15-32;/h5-26,28-30,51H,1-4H3;/q-1;/i1D3;. The van der Waals surface area contributed by atoms with Crippen LogP contribution < -0.4 is 0 Å². The fourth-order valence-corrected chi connectivity index (χ4v) is 6.66. The van der Waals surface area contributed by atoms with Crippen molar-refractivity contribution in [2.24, 2.45) is 0 Å². The number of pyridine rings is 1. The summed E-state index contributed by atoms with van der Waals surface area (Å²) >= 11 is 0. The minimum atomic E-state index is -2.30. The summed E-state index contributed by atoms with van der Waals surface area (Å²) in [7, 11) is 0. The predicted molar refractivity (Wildman–Crippen MR) is 210 cm³/mol. The third-order valence-electron chi connectivity index (χ3n) is 9.32. The van der Waals surface area contributed by atoms with Gasteiger partial charge in [-0.25, -0.2) is 4.98 Å². The number of benzene rings is 6. The summed E-state index contributed by atoms with van der Waals surface area (Å²) in [6, 6.07) is 50.7. The number of aromatic nitrogens is 3. The Balaban J connectivity index is 0.00000465. The molecule has 6 aromatic carbocycles. The Labute approximate surface area is 324 Å². The summed E-state index contributed by atoms with van der Waals surface area (Å²) < 4.78 is 26.6. The number of hydrogen-bond acceptors (Lipinski definition) is 3. The molecular weight excluding hydrogens is 818 g/mol. The van der Waals surface area contributed by atoms with Crippen LogP contribution in [0.5, 0.6) is 5.75 Å². The zero-order chi connectivity index (χ0) is 37.6. The molecule has 5 heteroatoms. The quantitative estimate of drug-likeness (QED) is 0.170. The smallest absolute Gasteiger partial charge is 0.148 e. The van der Waals surface area contributed by atoms with Crippen molar-refractivity contribution in [2.45, 2.75) is 33.0 Å². The molecule has 0 atom stereocenters. The minimum Gasteiger partial charge on any atom is -0.507 e. The van der Waals surface area contributed by atoms with Crippen molar-refractivity contribution in [1.82, 2.24) is 14.5 Å². The number of aromatic hydroxyl groups is 1. The van der Waals surface area contributed by atoms with Gasteiger partial charge in [-0.15, -0.1) is 29.3 Å². The fourth-order valence-electron chi connectivity index (χ4n) is 6.66. The summed E-state index contributed by atoms with van der Waals surface area (Å²) in [5.74, 6) is 0.614. The second-order valence-electron chi connectivity index (χ2n) is 13.8. The monoisotopic (exact) mass is 858 g/mol. The average molecular weight is 859 g/mol. The maximum Gasteiger partial charge on any atom is 0.148 e. The molecule has 0 radical (unpaired) electrons. The molecule has 0 saturated carbocycles. The number of para-hydroxylation sites is 2. The van der Waals surface area contributed by atoms with E-state index in [4.69, 9.17) is 14.1 Å². The number of fused-ring (bicyclic) bond motifs is 1. The average Bonchev–Trinajstić information content (AvgIpc) is 3.57. The molecule has 2 heterocycles. The number of imidazole rings is 1. The Morgan fingerprint density at radius 1 is 0.654 bits per heavy atom. The van der Waals surface area contributed by atoms with Crippen LogP contribution >= 0.6 is 0 Å². The minimum absolute atomic E-state index is 0. The van der Waals surface area contributed by atoms with Crippen molar-refractivity contribution >= 4 is 11.0 Å². The topological polar surface area (TPSA) is 50.9 Å². The molecule has 0 bridgehead atoms. The Morgan fingerprint density at radius 3 is 2.08 bits per heavy atom. The molecule has 0 fully saturated rings. The van der Waals surface area contributed by atoms with Gasteiger partial charge >= 0.3 is 0 Å². The van der Waals surface area contributed by atoms with E-state index in [0.717, 1.165) is 61.4 Å². The van der Waals surface area contributed by atoms with E-state index in [0.29, 0.717) is 16.9 Å². The van der Waals surface area contributed by atoms with Gasteiger partial charge in [0.15, 0.2) is 0 Å². The predicted octanol–water partition coefficient (Wildman–Crippen LogP) is 11.9. The van der Waals surface area contributed by atoms with E-state index in [1.807, 2.05) is 95.7 Å². The van der Waals surface area contributed by atoms with Crippen molar-refractivity contribution < 1.29 is 30.3 Å². The number of hydrogen-bond donors (Lipinski definition) is 1. The molecule has 52 heavy (non-hydrogen) atoms. The maximum absolute atomic E-state index is 11.2. The zero-order valence-corrected chi connectivity index (χ0v) is 31.3. The Bertz CT molecular complexity index is 2650. The van der Waals surface area contributed by atoms with Crippen LogP contribution in [0.25, 0.3) is 72.7 Å². The van der Waals surface area contributed by atoms with Crippen LogP contribution in [0, 0.1) is 12.9 Å². The third-order valence-corrected chi connectivity index (χ3v) is 9.32. The molecule has 0 saturated heterocycles. The maximum atomic E-state index is 11.2. The molecule has 0 amide bonds. The van der Waals surface area contributed by atoms with Crippen LogP contribution in [0.4, 0.5) is 0 Å². The Morgan fingerprint density at radius 2 is 1.35 bits per heavy atom. The molecule has 2 aromatic heterocycles. The van der Waals surface area contributed by atoms with Crippen molar-refractivity contribution in [3.63, 3.8) is 0 Å². The SMILES string of the molecule is [2H]C([2H])([2H])c1ccc(-n2c(-c3ccccc3O)nc3c(-c4[c-]c(-c5cc(-c6ccccc6)ccn5)cc(C(C)(C)C)c4)cccc32)c(-c2ccccc2)c1.[Pt]. The molecule has 8 rings (SSSR count). The molecule has 1 N–H and O–H groups in total. The van der Waals surface area contributed by atoms with Crippen molar-refractivity contribution in [2.75, 3.05) is 0 Å². The van der Waals surface area contributed by atoms with Gasteiger partial charge in [0.2, 0.25) is 0 Å². The molecule has 4 nitrogen and oxygen atoms in total. The number of phenolic OH excluding ortho intramolecular Hbond substituents is 1. The van der Waals surface area contributed by atoms with Crippen LogP contribution in [-0.2, 0) is 26.5 Å². The van der Waals surface area contributed by atoms with E-state index in [-0.39, 0.29) is 37.8 Å². The molecule has 0 aliphatic rings. The molecule has 0 spiro atoms. The molecule has 0 aliphatic heterocycles. The number of rotatable bonds is 6. The first-order valence-corrected chi connectivity index (χ1v) is 17.1.